The molecule has 0 aromatic rings. The zero-order valence-corrected chi connectivity index (χ0v) is 17.0. The van der Waals surface area contributed by atoms with Crippen molar-refractivity contribution in [3.8, 4) is 0 Å². The van der Waals surface area contributed by atoms with Crippen molar-refractivity contribution in [2.75, 3.05) is 51.1 Å². The first-order valence-electron chi connectivity index (χ1n) is 8.63. The quantitative estimate of drug-likeness (QED) is 0.165. The summed E-state index contributed by atoms with van der Waals surface area (Å²) < 4.78 is 10.9. The highest BCUT2D eigenvalue weighted by Gasteiger charge is 2.01. The Balaban J connectivity index is 3.17. The molecular weight excluding hydrogens is 344 g/mol. The van der Waals surface area contributed by atoms with Crippen LogP contribution in [0.2, 0.25) is 0 Å². The maximum atomic E-state index is 11.7. The van der Waals surface area contributed by atoms with E-state index < -0.39 is 0 Å². The molecule has 0 bridgehead atoms. The predicted octanol–water partition coefficient (Wildman–Crippen LogP) is 2.87. The van der Waals surface area contributed by atoms with Crippen LogP contribution in [-0.4, -0.2) is 63.0 Å². The van der Waals surface area contributed by atoms with Gasteiger partial charge >= 0.3 is 0 Å². The van der Waals surface area contributed by atoms with Gasteiger partial charge in [0.05, 0.1) is 19.8 Å². The summed E-state index contributed by atoms with van der Waals surface area (Å²) in [6, 6.07) is 0.546. The zero-order valence-electron chi connectivity index (χ0n) is 15.3. The maximum absolute atomic E-state index is 11.7. The van der Waals surface area contributed by atoms with E-state index in [1.807, 2.05) is 29.9 Å². The monoisotopic (exact) mass is 378 g/mol. The van der Waals surface area contributed by atoms with E-state index in [-0.39, 0.29) is 5.78 Å². The molecular formula is C17H34N2O3S2. The summed E-state index contributed by atoms with van der Waals surface area (Å²) in [6.45, 7) is 10.3. The Kier molecular flexibility index (Phi) is 19.2. The van der Waals surface area contributed by atoms with Crippen LogP contribution in [0.5, 0.6) is 0 Å². The largest absolute Gasteiger partial charge is 0.376 e. The van der Waals surface area contributed by atoms with E-state index >= 15 is 0 Å². The topological polar surface area (TPSA) is 59.6 Å². The summed E-state index contributed by atoms with van der Waals surface area (Å²) in [7, 11) is 3.54. The molecule has 0 heterocycles. The first-order chi connectivity index (χ1) is 11.7. The number of nitrogens with one attached hydrogen (secondary N) is 2. The van der Waals surface area contributed by atoms with Gasteiger partial charge in [-0.3, -0.25) is 4.79 Å². The first kappa shape index (κ1) is 23.9. The molecule has 0 aliphatic carbocycles. The minimum atomic E-state index is 0.230. The summed E-state index contributed by atoms with van der Waals surface area (Å²) in [5.41, 5.74) is 0. The summed E-state index contributed by atoms with van der Waals surface area (Å²) >= 11 is 0. The van der Waals surface area contributed by atoms with E-state index in [1.165, 1.54) is 0 Å². The van der Waals surface area contributed by atoms with Crippen LogP contribution in [0.15, 0.2) is 12.2 Å². The van der Waals surface area contributed by atoms with Crippen molar-refractivity contribution in [2.45, 2.75) is 39.7 Å². The summed E-state index contributed by atoms with van der Waals surface area (Å²) in [5.74, 6) is 1.99. The SMILES string of the molecule is C/C=C/COCCNCC(=O)CCCOCSSCCNC(C)C. The van der Waals surface area contributed by atoms with Crippen LogP contribution in [0.4, 0.5) is 0 Å². The summed E-state index contributed by atoms with van der Waals surface area (Å²) in [4.78, 5) is 11.7. The minimum absolute atomic E-state index is 0.230. The van der Waals surface area contributed by atoms with E-state index in [9.17, 15) is 4.79 Å². The highest BCUT2D eigenvalue weighted by Crippen LogP contribution is 2.20. The molecule has 0 aliphatic rings. The number of Topliss-reactive ketones (excluding diaryl/α,β-unsaturated/α-hetero) is 1. The standard InChI is InChI=1S/C17H34N2O3S2/c1-4-5-10-21-12-8-18-14-17(20)7-6-11-22-15-24-23-13-9-19-16(2)3/h4-5,16,18-19H,6-15H2,1-3H3/b5-4+. The van der Waals surface area contributed by atoms with E-state index in [2.05, 4.69) is 24.5 Å². The van der Waals surface area contributed by atoms with Gasteiger partial charge < -0.3 is 20.1 Å². The predicted molar refractivity (Wildman–Crippen MR) is 107 cm³/mol. The molecule has 0 atom stereocenters. The van der Waals surface area contributed by atoms with Gasteiger partial charge in [0.15, 0.2) is 0 Å². The number of hydrogen-bond donors (Lipinski definition) is 2. The normalized spacial score (nSPS) is 11.7. The highest BCUT2D eigenvalue weighted by atomic mass is 33.1. The number of carbonyl (C=O) groups is 1. The van der Waals surface area contributed by atoms with Crippen molar-refractivity contribution in [2.24, 2.45) is 0 Å². The lowest BCUT2D eigenvalue weighted by atomic mass is 10.2. The van der Waals surface area contributed by atoms with Crippen molar-refractivity contribution < 1.29 is 14.3 Å². The third-order valence-electron chi connectivity index (χ3n) is 2.89. The van der Waals surface area contributed by atoms with Gasteiger partial charge in [0.2, 0.25) is 0 Å². The molecule has 0 saturated heterocycles. The molecule has 24 heavy (non-hydrogen) atoms. The number of ketones is 1. The number of ether oxygens (including phenoxy) is 2. The zero-order chi connectivity index (χ0) is 17.9. The fourth-order valence-electron chi connectivity index (χ4n) is 1.65. The van der Waals surface area contributed by atoms with Gasteiger partial charge in [-0.25, -0.2) is 0 Å². The second-order valence-electron chi connectivity index (χ2n) is 5.54. The van der Waals surface area contributed by atoms with Crippen LogP contribution in [-0.2, 0) is 14.3 Å². The van der Waals surface area contributed by atoms with Crippen LogP contribution in [0.3, 0.4) is 0 Å². The Morgan fingerprint density at radius 3 is 2.75 bits per heavy atom. The Hall–Kier alpha value is -0.0500. The molecule has 0 aromatic carbocycles. The smallest absolute Gasteiger partial charge is 0.146 e. The maximum Gasteiger partial charge on any atom is 0.146 e. The van der Waals surface area contributed by atoms with E-state index in [4.69, 9.17) is 9.47 Å². The molecule has 142 valence electrons. The number of rotatable bonds is 18. The van der Waals surface area contributed by atoms with Crippen molar-refractivity contribution in [1.82, 2.24) is 10.6 Å². The third kappa shape index (κ3) is 20.0. The lowest BCUT2D eigenvalue weighted by molar-refractivity contribution is -0.118. The molecule has 0 amide bonds. The average molecular weight is 379 g/mol. The molecule has 0 spiro atoms. The van der Waals surface area contributed by atoms with Crippen LogP contribution in [0.25, 0.3) is 0 Å². The van der Waals surface area contributed by atoms with Gasteiger partial charge in [0.25, 0.3) is 0 Å². The molecule has 0 saturated carbocycles. The van der Waals surface area contributed by atoms with E-state index in [0.717, 1.165) is 18.7 Å². The van der Waals surface area contributed by atoms with Crippen LogP contribution in [0.1, 0.15) is 33.6 Å². The number of hydrogen-bond acceptors (Lipinski definition) is 7. The Morgan fingerprint density at radius 1 is 1.17 bits per heavy atom. The molecule has 0 rings (SSSR count). The Morgan fingerprint density at radius 2 is 2.00 bits per heavy atom. The molecule has 0 unspecified atom stereocenters. The molecule has 2 N–H and O–H groups in total. The molecule has 7 heteroatoms. The number of carbonyl (C=O) groups excluding carboxylic acids is 1. The highest BCUT2D eigenvalue weighted by molar-refractivity contribution is 8.76. The molecule has 0 fully saturated rings. The molecule has 0 aliphatic heterocycles. The third-order valence-corrected chi connectivity index (χ3v) is 4.98. The Bertz CT molecular complexity index is 316. The van der Waals surface area contributed by atoms with Gasteiger partial charge in [-0.15, -0.1) is 0 Å². The average Bonchev–Trinajstić information content (AvgIpc) is 2.55. The number of allylic oxidation sites excluding steroid dienone is 1. The van der Waals surface area contributed by atoms with Crippen LogP contribution < -0.4 is 10.6 Å². The van der Waals surface area contributed by atoms with Crippen molar-refractivity contribution in [3.63, 3.8) is 0 Å². The van der Waals surface area contributed by atoms with Gasteiger partial charge in [0.1, 0.15) is 11.7 Å². The van der Waals surface area contributed by atoms with Gasteiger partial charge in [-0.2, -0.15) is 0 Å². The van der Waals surface area contributed by atoms with Crippen LogP contribution >= 0.6 is 21.6 Å². The Labute approximate surface area is 155 Å². The van der Waals surface area contributed by atoms with Gasteiger partial charge in [0, 0.05) is 37.9 Å². The molecule has 0 radical (unpaired) electrons. The minimum Gasteiger partial charge on any atom is -0.376 e. The lowest BCUT2D eigenvalue weighted by Gasteiger charge is -2.07. The lowest BCUT2D eigenvalue weighted by Crippen LogP contribution is -2.26. The van der Waals surface area contributed by atoms with Gasteiger partial charge in [-0.1, -0.05) is 47.6 Å². The fraction of sp³-hybridized carbons (Fsp3) is 0.824. The summed E-state index contributed by atoms with van der Waals surface area (Å²) in [5, 5.41) is 6.47. The van der Waals surface area contributed by atoms with Gasteiger partial charge in [-0.05, 0) is 13.3 Å². The van der Waals surface area contributed by atoms with E-state index in [1.54, 1.807) is 10.8 Å². The first-order valence-corrected chi connectivity index (χ1v) is 11.1. The van der Waals surface area contributed by atoms with Crippen molar-refractivity contribution in [3.05, 3.63) is 12.2 Å². The van der Waals surface area contributed by atoms with Crippen LogP contribution in [0, 0.1) is 0 Å². The van der Waals surface area contributed by atoms with Crippen molar-refractivity contribution >= 4 is 27.4 Å². The molecule has 0 aromatic heterocycles. The van der Waals surface area contributed by atoms with E-state index in [0.29, 0.717) is 51.3 Å². The molecule has 5 nitrogen and oxygen atoms in total. The second kappa shape index (κ2) is 19.3. The summed E-state index contributed by atoms with van der Waals surface area (Å²) in [6.07, 6.45) is 5.28. The second-order valence-corrected chi connectivity index (χ2v) is 8.07. The fourth-order valence-corrected chi connectivity index (χ4v) is 3.24. The van der Waals surface area contributed by atoms with Crippen molar-refractivity contribution in [1.29, 1.82) is 0 Å².